The van der Waals surface area contributed by atoms with Crippen molar-refractivity contribution >= 4 is 16.3 Å². The molecule has 2 unspecified atom stereocenters. The molecule has 0 spiro atoms. The first-order chi connectivity index (χ1) is 7.72. The van der Waals surface area contributed by atoms with Crippen molar-refractivity contribution in [2.24, 2.45) is 0 Å². The van der Waals surface area contributed by atoms with Gasteiger partial charge in [-0.2, -0.15) is 0 Å². The normalized spacial score (nSPS) is 34.4. The topological polar surface area (TPSA) is 12.5 Å². The second-order valence-corrected chi connectivity index (χ2v) is 5.63. The van der Waals surface area contributed by atoms with Gasteiger partial charge in [0.15, 0.2) is 0 Å². The summed E-state index contributed by atoms with van der Waals surface area (Å²) in [5.74, 6) is 0. The van der Waals surface area contributed by atoms with Crippen LogP contribution in [0.15, 0.2) is 30.3 Å². The maximum absolute atomic E-state index is 6.19. The maximum atomic E-state index is 6.19. The van der Waals surface area contributed by atoms with Crippen LogP contribution in [0, 0.1) is 0 Å². The Morgan fingerprint density at radius 2 is 2.19 bits per heavy atom. The van der Waals surface area contributed by atoms with Crippen LogP contribution in [0.1, 0.15) is 18.4 Å². The summed E-state index contributed by atoms with van der Waals surface area (Å²) >= 11 is 0. The van der Waals surface area contributed by atoms with Crippen LogP contribution in [0.4, 0.5) is 0 Å². The molecule has 0 aromatic heterocycles. The van der Waals surface area contributed by atoms with Crippen LogP contribution in [0.2, 0.25) is 6.82 Å². The summed E-state index contributed by atoms with van der Waals surface area (Å²) < 4.78 is 6.19. The van der Waals surface area contributed by atoms with E-state index in [1.165, 1.54) is 24.9 Å². The number of benzene rings is 1. The second-order valence-electron chi connectivity index (χ2n) is 4.77. The lowest BCUT2D eigenvalue weighted by atomic mass is 9.86. The fourth-order valence-electron chi connectivity index (χ4n) is 3.07. The van der Waals surface area contributed by atoms with E-state index < -0.39 is 0 Å². The third-order valence-electron chi connectivity index (χ3n) is 3.85. The molecule has 0 radical (unpaired) electrons. The Kier molecular flexibility index (Phi) is 2.58. The van der Waals surface area contributed by atoms with Crippen LogP contribution in [0.5, 0.6) is 0 Å². The minimum atomic E-state index is -0.197. The summed E-state index contributed by atoms with van der Waals surface area (Å²) in [5.41, 5.74) is 1.28. The molecule has 2 saturated heterocycles. The van der Waals surface area contributed by atoms with Crippen molar-refractivity contribution in [2.45, 2.75) is 31.0 Å². The van der Waals surface area contributed by atoms with E-state index in [-0.39, 0.29) is 12.4 Å². The molecule has 4 heteroatoms. The van der Waals surface area contributed by atoms with Crippen molar-refractivity contribution in [2.75, 3.05) is 6.54 Å². The van der Waals surface area contributed by atoms with E-state index in [0.717, 1.165) is 0 Å². The molecule has 2 heterocycles. The van der Waals surface area contributed by atoms with Gasteiger partial charge in [0, 0.05) is 6.04 Å². The predicted octanol–water partition coefficient (Wildman–Crippen LogP) is 2.33. The van der Waals surface area contributed by atoms with E-state index in [2.05, 4.69) is 51.2 Å². The van der Waals surface area contributed by atoms with E-state index >= 15 is 0 Å². The van der Waals surface area contributed by atoms with E-state index in [9.17, 15) is 0 Å². The quantitative estimate of drug-likeness (QED) is 0.545. The van der Waals surface area contributed by atoms with Crippen molar-refractivity contribution < 1.29 is 4.65 Å². The SMILES string of the molecule is CB1OC(P)(c2ccccc2)[C@H]2CCCN12. The number of nitrogens with zero attached hydrogens (tertiary/aromatic N) is 1. The number of fused-ring (bicyclic) bond motifs is 1. The van der Waals surface area contributed by atoms with Crippen molar-refractivity contribution in [1.29, 1.82) is 0 Å². The lowest BCUT2D eigenvalue weighted by Gasteiger charge is -2.31. The number of hydrogen-bond acceptors (Lipinski definition) is 2. The van der Waals surface area contributed by atoms with Crippen molar-refractivity contribution in [3.05, 3.63) is 35.9 Å². The van der Waals surface area contributed by atoms with Crippen molar-refractivity contribution in [3.63, 3.8) is 0 Å². The lowest BCUT2D eigenvalue weighted by molar-refractivity contribution is 0.163. The van der Waals surface area contributed by atoms with E-state index in [0.29, 0.717) is 6.04 Å². The average molecular weight is 233 g/mol. The number of hydrogen-bond donors (Lipinski definition) is 0. The fraction of sp³-hybridized carbons (Fsp3) is 0.500. The Balaban J connectivity index is 1.99. The molecule has 2 aliphatic heterocycles. The summed E-state index contributed by atoms with van der Waals surface area (Å²) in [6, 6.07) is 11.1. The predicted molar refractivity (Wildman–Crippen MR) is 70.3 cm³/mol. The van der Waals surface area contributed by atoms with Crippen molar-refractivity contribution in [1.82, 2.24) is 4.81 Å². The molecule has 0 N–H and O–H groups in total. The monoisotopic (exact) mass is 233 g/mol. The van der Waals surface area contributed by atoms with Crippen molar-refractivity contribution in [3.8, 4) is 0 Å². The van der Waals surface area contributed by atoms with E-state index in [1.807, 2.05) is 0 Å². The zero-order valence-corrected chi connectivity index (χ0v) is 10.8. The Bertz CT molecular complexity index is 388. The minimum Gasteiger partial charge on any atom is -0.407 e. The molecule has 2 aliphatic rings. The molecule has 0 saturated carbocycles. The standard InChI is InChI=1S/C12H17BNOP/c1-13-14-9-5-8-11(14)12(16,15-13)10-6-3-2-4-7-10/h2-4,6-7,11H,5,8-9,16H2,1H3/t11-,12?/m1/s1. The smallest absolute Gasteiger partial charge is 0.380 e. The van der Waals surface area contributed by atoms with Crippen LogP contribution in [-0.4, -0.2) is 24.4 Å². The first-order valence-electron chi connectivity index (χ1n) is 6.00. The first kappa shape index (κ1) is 10.8. The molecule has 0 aliphatic carbocycles. The van der Waals surface area contributed by atoms with Crippen LogP contribution in [-0.2, 0) is 10.00 Å². The van der Waals surface area contributed by atoms with E-state index in [4.69, 9.17) is 4.65 Å². The molecule has 16 heavy (non-hydrogen) atoms. The largest absolute Gasteiger partial charge is 0.407 e. The Labute approximate surface area is 99.7 Å². The van der Waals surface area contributed by atoms with Gasteiger partial charge in [-0.3, -0.25) is 0 Å². The van der Waals surface area contributed by atoms with Gasteiger partial charge in [0.25, 0.3) is 0 Å². The van der Waals surface area contributed by atoms with Gasteiger partial charge in [0.05, 0.1) is 0 Å². The van der Waals surface area contributed by atoms with Gasteiger partial charge >= 0.3 is 7.05 Å². The second kappa shape index (κ2) is 3.84. The third kappa shape index (κ3) is 1.46. The molecule has 3 atom stereocenters. The zero-order valence-electron chi connectivity index (χ0n) is 9.60. The Hall–Kier alpha value is -0.365. The van der Waals surface area contributed by atoms with Gasteiger partial charge < -0.3 is 9.47 Å². The molecule has 84 valence electrons. The Morgan fingerprint density at radius 3 is 2.94 bits per heavy atom. The molecular formula is C12H17BNOP. The highest BCUT2D eigenvalue weighted by Gasteiger charge is 2.53. The third-order valence-corrected chi connectivity index (χ3v) is 4.70. The van der Waals surface area contributed by atoms with Gasteiger partial charge in [-0.1, -0.05) is 39.6 Å². The molecule has 2 fully saturated rings. The van der Waals surface area contributed by atoms with Crippen LogP contribution >= 0.6 is 9.24 Å². The summed E-state index contributed by atoms with van der Waals surface area (Å²) in [5, 5.41) is -0.197. The highest BCUT2D eigenvalue weighted by Crippen LogP contribution is 2.48. The van der Waals surface area contributed by atoms with Gasteiger partial charge in [-0.05, 0) is 31.8 Å². The molecule has 0 bridgehead atoms. The highest BCUT2D eigenvalue weighted by atomic mass is 31.0. The van der Waals surface area contributed by atoms with Gasteiger partial charge in [-0.25, -0.2) is 0 Å². The maximum Gasteiger partial charge on any atom is 0.380 e. The molecule has 3 rings (SSSR count). The summed E-state index contributed by atoms with van der Waals surface area (Å²) in [6.45, 7) is 3.34. The van der Waals surface area contributed by atoms with Crippen LogP contribution < -0.4 is 0 Å². The summed E-state index contributed by atoms with van der Waals surface area (Å²) in [6.07, 6.45) is 2.53. The summed E-state index contributed by atoms with van der Waals surface area (Å²) in [4.78, 5) is 2.49. The van der Waals surface area contributed by atoms with E-state index in [1.54, 1.807) is 0 Å². The van der Waals surface area contributed by atoms with Gasteiger partial charge in [0.2, 0.25) is 0 Å². The molecule has 0 amide bonds. The van der Waals surface area contributed by atoms with Crippen LogP contribution in [0.3, 0.4) is 0 Å². The molecule has 2 nitrogen and oxygen atoms in total. The lowest BCUT2D eigenvalue weighted by Crippen LogP contribution is -2.36. The number of rotatable bonds is 1. The molecule has 1 aromatic rings. The molecule has 1 aromatic carbocycles. The zero-order chi connectivity index (χ0) is 11.2. The van der Waals surface area contributed by atoms with Gasteiger partial charge in [-0.15, -0.1) is 0 Å². The Morgan fingerprint density at radius 1 is 1.44 bits per heavy atom. The van der Waals surface area contributed by atoms with Gasteiger partial charge in [0.1, 0.15) is 5.34 Å². The highest BCUT2D eigenvalue weighted by molar-refractivity contribution is 7.18. The fourth-order valence-corrected chi connectivity index (χ4v) is 3.82. The summed E-state index contributed by atoms with van der Waals surface area (Å²) in [7, 11) is 3.19. The average Bonchev–Trinajstić information content (AvgIpc) is 2.86. The van der Waals surface area contributed by atoms with Crippen LogP contribution in [0.25, 0.3) is 0 Å². The molecular weight excluding hydrogens is 216 g/mol. The minimum absolute atomic E-state index is 0.197. The first-order valence-corrected chi connectivity index (χ1v) is 6.57.